The molecular formula is C11H10ClNO4S. The predicted octanol–water partition coefficient (Wildman–Crippen LogP) is 2.61. The van der Waals surface area contributed by atoms with Gasteiger partial charge in [0.2, 0.25) is 5.89 Å². The molecule has 0 amide bonds. The van der Waals surface area contributed by atoms with E-state index >= 15 is 0 Å². The number of nitrogens with zero attached hydrogens (tertiary/aromatic N) is 1. The van der Waals surface area contributed by atoms with Crippen molar-refractivity contribution in [1.82, 2.24) is 4.98 Å². The maximum absolute atomic E-state index is 11.2. The number of hydrogen-bond donors (Lipinski definition) is 0. The highest BCUT2D eigenvalue weighted by Gasteiger charge is 2.23. The summed E-state index contributed by atoms with van der Waals surface area (Å²) in [6.07, 6.45) is 1.71. The highest BCUT2D eigenvalue weighted by molar-refractivity contribution is 8.13. The molecule has 0 N–H and O–H groups in total. The Hall–Kier alpha value is -1.11. The standard InChI is InChI=1S/C11H10ClNO4S/c12-18(14,15)7-3-4-8-10(6-7)17-11(13-8)9-2-1-5-16-9/h3-4,6,9H,1-2,5H2. The van der Waals surface area contributed by atoms with Gasteiger partial charge >= 0.3 is 0 Å². The van der Waals surface area contributed by atoms with Gasteiger partial charge in [-0.2, -0.15) is 0 Å². The number of rotatable bonds is 2. The second-order valence-electron chi connectivity index (χ2n) is 4.12. The first-order valence-corrected chi connectivity index (χ1v) is 7.82. The van der Waals surface area contributed by atoms with E-state index in [-0.39, 0.29) is 11.0 Å². The molecule has 96 valence electrons. The molecular weight excluding hydrogens is 278 g/mol. The molecule has 1 aromatic carbocycles. The van der Waals surface area contributed by atoms with E-state index in [4.69, 9.17) is 19.8 Å². The van der Waals surface area contributed by atoms with E-state index in [0.717, 1.165) is 12.8 Å². The molecule has 1 aliphatic heterocycles. The van der Waals surface area contributed by atoms with Crippen LogP contribution in [0.1, 0.15) is 24.8 Å². The Morgan fingerprint density at radius 1 is 1.39 bits per heavy atom. The highest BCUT2D eigenvalue weighted by atomic mass is 35.7. The van der Waals surface area contributed by atoms with Crippen molar-refractivity contribution < 1.29 is 17.6 Å². The number of benzene rings is 1. The molecule has 1 atom stereocenters. The Kier molecular flexibility index (Phi) is 2.80. The van der Waals surface area contributed by atoms with E-state index in [1.807, 2.05) is 0 Å². The van der Waals surface area contributed by atoms with E-state index < -0.39 is 9.05 Å². The van der Waals surface area contributed by atoms with Gasteiger partial charge in [0.15, 0.2) is 5.58 Å². The van der Waals surface area contributed by atoms with Crippen LogP contribution in [0.15, 0.2) is 27.5 Å². The van der Waals surface area contributed by atoms with Crippen molar-refractivity contribution in [3.8, 4) is 0 Å². The lowest BCUT2D eigenvalue weighted by molar-refractivity contribution is 0.0907. The van der Waals surface area contributed by atoms with Crippen molar-refractivity contribution in [3.63, 3.8) is 0 Å². The van der Waals surface area contributed by atoms with Gasteiger partial charge in [-0.15, -0.1) is 0 Å². The lowest BCUT2D eigenvalue weighted by Gasteiger charge is -2.01. The molecule has 0 spiro atoms. The van der Waals surface area contributed by atoms with Gasteiger partial charge in [0, 0.05) is 23.4 Å². The Bertz CT molecular complexity index is 688. The summed E-state index contributed by atoms with van der Waals surface area (Å²) in [5, 5.41) is 0. The fraction of sp³-hybridized carbons (Fsp3) is 0.364. The lowest BCUT2D eigenvalue weighted by Crippen LogP contribution is -1.94. The second kappa shape index (κ2) is 4.22. The third-order valence-electron chi connectivity index (χ3n) is 2.86. The van der Waals surface area contributed by atoms with Gasteiger partial charge in [-0.25, -0.2) is 13.4 Å². The van der Waals surface area contributed by atoms with Crippen LogP contribution >= 0.6 is 10.7 Å². The summed E-state index contributed by atoms with van der Waals surface area (Å²) < 4.78 is 33.4. The van der Waals surface area contributed by atoms with Crippen LogP contribution in [0.25, 0.3) is 11.1 Å². The van der Waals surface area contributed by atoms with Gasteiger partial charge in [0.05, 0.1) is 4.90 Å². The molecule has 7 heteroatoms. The minimum absolute atomic E-state index is 0.00621. The first-order chi connectivity index (χ1) is 8.54. The van der Waals surface area contributed by atoms with E-state index in [2.05, 4.69) is 4.98 Å². The predicted molar refractivity (Wildman–Crippen MR) is 65.0 cm³/mol. The number of hydrogen-bond acceptors (Lipinski definition) is 5. The molecule has 0 aliphatic carbocycles. The zero-order valence-corrected chi connectivity index (χ0v) is 10.9. The second-order valence-corrected chi connectivity index (χ2v) is 6.69. The van der Waals surface area contributed by atoms with Crippen molar-refractivity contribution in [2.24, 2.45) is 0 Å². The van der Waals surface area contributed by atoms with Crippen molar-refractivity contribution >= 4 is 30.8 Å². The van der Waals surface area contributed by atoms with Crippen molar-refractivity contribution in [1.29, 1.82) is 0 Å². The SMILES string of the molecule is O=S(=O)(Cl)c1ccc2nc(C3CCCO3)oc2c1. The van der Waals surface area contributed by atoms with Gasteiger partial charge in [-0.3, -0.25) is 0 Å². The third kappa shape index (κ3) is 2.11. The van der Waals surface area contributed by atoms with Crippen LogP contribution in [-0.2, 0) is 13.8 Å². The Morgan fingerprint density at radius 3 is 2.89 bits per heavy atom. The van der Waals surface area contributed by atoms with E-state index in [9.17, 15) is 8.42 Å². The van der Waals surface area contributed by atoms with Gasteiger partial charge in [0.1, 0.15) is 11.6 Å². The fourth-order valence-electron chi connectivity index (χ4n) is 1.98. The van der Waals surface area contributed by atoms with E-state index in [1.54, 1.807) is 6.07 Å². The summed E-state index contributed by atoms with van der Waals surface area (Å²) in [7, 11) is 1.53. The van der Waals surface area contributed by atoms with Crippen LogP contribution in [-0.4, -0.2) is 20.0 Å². The Balaban J connectivity index is 2.06. The van der Waals surface area contributed by atoms with Crippen LogP contribution < -0.4 is 0 Å². The van der Waals surface area contributed by atoms with Gasteiger partial charge in [-0.1, -0.05) is 0 Å². The smallest absolute Gasteiger partial charge is 0.261 e. The molecule has 2 aromatic rings. The summed E-state index contributed by atoms with van der Waals surface area (Å²) in [5.41, 5.74) is 1.01. The van der Waals surface area contributed by atoms with Crippen LogP contribution in [0, 0.1) is 0 Å². The molecule has 0 saturated carbocycles. The van der Waals surface area contributed by atoms with E-state index in [1.165, 1.54) is 12.1 Å². The van der Waals surface area contributed by atoms with Crippen LogP contribution in [0.2, 0.25) is 0 Å². The number of ether oxygens (including phenoxy) is 1. The zero-order valence-electron chi connectivity index (χ0n) is 9.30. The first-order valence-electron chi connectivity index (χ1n) is 5.51. The number of halogens is 1. The van der Waals surface area contributed by atoms with Gasteiger partial charge < -0.3 is 9.15 Å². The number of fused-ring (bicyclic) bond motifs is 1. The normalized spacial score (nSPS) is 20.6. The molecule has 5 nitrogen and oxygen atoms in total. The monoisotopic (exact) mass is 287 g/mol. The molecule has 0 radical (unpaired) electrons. The molecule has 18 heavy (non-hydrogen) atoms. The summed E-state index contributed by atoms with van der Waals surface area (Å²) >= 11 is 0. The first kappa shape index (κ1) is 12.0. The maximum atomic E-state index is 11.2. The lowest BCUT2D eigenvalue weighted by atomic mass is 10.2. The summed E-state index contributed by atoms with van der Waals surface area (Å²) in [4.78, 5) is 4.29. The largest absolute Gasteiger partial charge is 0.438 e. The molecule has 2 heterocycles. The van der Waals surface area contributed by atoms with Crippen LogP contribution in [0.5, 0.6) is 0 Å². The van der Waals surface area contributed by atoms with Crippen molar-refractivity contribution in [2.45, 2.75) is 23.8 Å². The van der Waals surface area contributed by atoms with E-state index in [0.29, 0.717) is 23.6 Å². The third-order valence-corrected chi connectivity index (χ3v) is 4.21. The summed E-state index contributed by atoms with van der Waals surface area (Å²) in [6.45, 7) is 0.699. The number of oxazole rings is 1. The van der Waals surface area contributed by atoms with Crippen LogP contribution in [0.3, 0.4) is 0 Å². The molecule has 1 saturated heterocycles. The molecule has 1 aromatic heterocycles. The number of aromatic nitrogens is 1. The Morgan fingerprint density at radius 2 is 2.22 bits per heavy atom. The maximum Gasteiger partial charge on any atom is 0.261 e. The molecule has 1 aliphatic rings. The quantitative estimate of drug-likeness (QED) is 0.794. The highest BCUT2D eigenvalue weighted by Crippen LogP contribution is 2.31. The summed E-state index contributed by atoms with van der Waals surface area (Å²) in [5.74, 6) is 0.492. The summed E-state index contributed by atoms with van der Waals surface area (Å²) in [6, 6.07) is 4.36. The van der Waals surface area contributed by atoms with Crippen LogP contribution in [0.4, 0.5) is 0 Å². The average Bonchev–Trinajstić information content (AvgIpc) is 2.95. The minimum atomic E-state index is -3.75. The van der Waals surface area contributed by atoms with Gasteiger partial charge in [-0.05, 0) is 25.0 Å². The topological polar surface area (TPSA) is 69.4 Å². The van der Waals surface area contributed by atoms with Crippen molar-refractivity contribution in [3.05, 3.63) is 24.1 Å². The Labute approximate surface area is 108 Å². The molecule has 1 fully saturated rings. The van der Waals surface area contributed by atoms with Crippen molar-refractivity contribution in [2.75, 3.05) is 6.61 Å². The molecule has 1 unspecified atom stereocenters. The fourth-order valence-corrected chi connectivity index (χ4v) is 2.75. The minimum Gasteiger partial charge on any atom is -0.438 e. The zero-order chi connectivity index (χ0) is 12.8. The molecule has 0 bridgehead atoms. The average molecular weight is 288 g/mol. The molecule has 3 rings (SSSR count). The van der Waals surface area contributed by atoms with Gasteiger partial charge in [0.25, 0.3) is 9.05 Å².